The van der Waals surface area contributed by atoms with Gasteiger partial charge in [0, 0.05) is 11.8 Å². The number of carboxylic acids is 1. The van der Waals surface area contributed by atoms with Crippen molar-refractivity contribution in [1.29, 1.82) is 0 Å². The molecule has 0 radical (unpaired) electrons. The van der Waals surface area contributed by atoms with E-state index in [2.05, 4.69) is 5.32 Å². The van der Waals surface area contributed by atoms with E-state index in [0.29, 0.717) is 18.7 Å². The number of benzene rings is 1. The number of ether oxygens (including phenoxy) is 1. The van der Waals surface area contributed by atoms with Crippen LogP contribution in [0, 0.1) is 0 Å². The third-order valence-corrected chi connectivity index (χ3v) is 4.22. The summed E-state index contributed by atoms with van der Waals surface area (Å²) in [4.78, 5) is 22.1. The van der Waals surface area contributed by atoms with Crippen LogP contribution in [0.25, 0.3) is 0 Å². The molecule has 20 heavy (non-hydrogen) atoms. The van der Waals surface area contributed by atoms with Gasteiger partial charge in [-0.15, -0.1) is 17.0 Å². The summed E-state index contributed by atoms with van der Waals surface area (Å²) >= 11 is 1.28. The molecule has 0 unspecified atom stereocenters. The number of esters is 1. The molecule has 0 amide bonds. The van der Waals surface area contributed by atoms with Crippen molar-refractivity contribution >= 4 is 40.7 Å². The van der Waals surface area contributed by atoms with Crippen molar-refractivity contribution in [3.63, 3.8) is 0 Å². The number of hydrogen-bond acceptors (Lipinski definition) is 5. The Balaban J connectivity index is 0.00000200. The van der Waals surface area contributed by atoms with Gasteiger partial charge in [0.15, 0.2) is 4.87 Å². The number of aliphatic carboxylic acids is 1. The summed E-state index contributed by atoms with van der Waals surface area (Å²) in [5.41, 5.74) is 0. The van der Waals surface area contributed by atoms with E-state index in [1.54, 1.807) is 24.3 Å². The van der Waals surface area contributed by atoms with E-state index in [-0.39, 0.29) is 23.0 Å². The summed E-state index contributed by atoms with van der Waals surface area (Å²) in [5.74, 6) is -0.764. The molecular formula is C13H16BrNO4S. The first-order valence-electron chi connectivity index (χ1n) is 5.98. The third-order valence-electron chi connectivity index (χ3n) is 2.84. The molecule has 5 nitrogen and oxygen atoms in total. The number of carbonyl (C=O) groups excluding carboxylic acids is 1. The predicted molar refractivity (Wildman–Crippen MR) is 81.5 cm³/mol. The molecule has 0 bridgehead atoms. The van der Waals surface area contributed by atoms with Gasteiger partial charge in [-0.05, 0) is 43.7 Å². The van der Waals surface area contributed by atoms with Gasteiger partial charge in [0.1, 0.15) is 5.75 Å². The lowest BCUT2D eigenvalue weighted by atomic mass is 10.2. The minimum absolute atomic E-state index is 0. The number of carboxylic acid groups (broad SMARTS) is 1. The Morgan fingerprint density at radius 1 is 1.35 bits per heavy atom. The summed E-state index contributed by atoms with van der Waals surface area (Å²) in [6.07, 6.45) is 1.45. The smallest absolute Gasteiger partial charge is 0.334 e. The SMILES string of the molecule is Br.CC(=O)Oc1ccc(S[C@@]2(C(=O)O)CCCN2)cc1. The maximum absolute atomic E-state index is 11.4. The molecule has 1 heterocycles. The highest BCUT2D eigenvalue weighted by Crippen LogP contribution is 2.38. The lowest BCUT2D eigenvalue weighted by molar-refractivity contribution is -0.140. The van der Waals surface area contributed by atoms with Gasteiger partial charge in [0.2, 0.25) is 0 Å². The molecule has 1 fully saturated rings. The van der Waals surface area contributed by atoms with Gasteiger partial charge in [-0.25, -0.2) is 4.79 Å². The summed E-state index contributed by atoms with van der Waals surface area (Å²) in [6, 6.07) is 6.84. The second kappa shape index (κ2) is 7.10. The van der Waals surface area contributed by atoms with Gasteiger partial charge in [-0.3, -0.25) is 10.1 Å². The van der Waals surface area contributed by atoms with Gasteiger partial charge in [0.25, 0.3) is 0 Å². The lowest BCUT2D eigenvalue weighted by Gasteiger charge is -2.23. The van der Waals surface area contributed by atoms with Gasteiger partial charge in [-0.1, -0.05) is 11.8 Å². The van der Waals surface area contributed by atoms with Crippen LogP contribution in [-0.2, 0) is 9.59 Å². The molecule has 1 aliphatic heterocycles. The number of thioether (sulfide) groups is 1. The molecule has 110 valence electrons. The van der Waals surface area contributed by atoms with Gasteiger partial charge < -0.3 is 9.84 Å². The fourth-order valence-electron chi connectivity index (χ4n) is 1.97. The van der Waals surface area contributed by atoms with Crippen molar-refractivity contribution in [2.45, 2.75) is 29.5 Å². The molecule has 1 aromatic carbocycles. The minimum Gasteiger partial charge on any atom is -0.479 e. The quantitative estimate of drug-likeness (QED) is 0.633. The highest BCUT2D eigenvalue weighted by molar-refractivity contribution is 8.93. The predicted octanol–water partition coefficient (Wildman–Crippen LogP) is 2.45. The Bertz CT molecular complexity index is 486. The number of halogens is 1. The van der Waals surface area contributed by atoms with Crippen LogP contribution in [0.3, 0.4) is 0 Å². The Morgan fingerprint density at radius 2 is 2.00 bits per heavy atom. The van der Waals surface area contributed by atoms with Gasteiger partial charge in [0.05, 0.1) is 0 Å². The molecule has 2 N–H and O–H groups in total. The average molecular weight is 362 g/mol. The fourth-order valence-corrected chi connectivity index (χ4v) is 3.15. The van der Waals surface area contributed by atoms with Crippen molar-refractivity contribution in [2.75, 3.05) is 6.54 Å². The highest BCUT2D eigenvalue weighted by Gasteiger charge is 2.42. The van der Waals surface area contributed by atoms with Crippen LogP contribution < -0.4 is 10.1 Å². The molecule has 0 aromatic heterocycles. The molecule has 2 rings (SSSR count). The summed E-state index contributed by atoms with van der Waals surface area (Å²) < 4.78 is 4.93. The second-order valence-electron chi connectivity index (χ2n) is 4.33. The zero-order valence-corrected chi connectivity index (χ0v) is 13.4. The van der Waals surface area contributed by atoms with Gasteiger partial charge in [-0.2, -0.15) is 0 Å². The van der Waals surface area contributed by atoms with Gasteiger partial charge >= 0.3 is 11.9 Å². The first kappa shape index (κ1) is 17.0. The Kier molecular flexibility index (Phi) is 6.04. The van der Waals surface area contributed by atoms with Crippen molar-refractivity contribution in [1.82, 2.24) is 5.32 Å². The van der Waals surface area contributed by atoms with E-state index >= 15 is 0 Å². The number of hydrogen-bond donors (Lipinski definition) is 2. The minimum atomic E-state index is -0.942. The standard InChI is InChI=1S/C13H15NO4S.BrH/c1-9(15)18-10-3-5-11(6-4-10)19-13(12(16)17)7-2-8-14-13;/h3-6,14H,2,7-8H2,1H3,(H,16,17);1H/t13-;/m1./s1. The molecule has 1 aliphatic rings. The molecule has 0 saturated carbocycles. The van der Waals surface area contributed by atoms with Crippen molar-refractivity contribution in [3.8, 4) is 5.75 Å². The van der Waals surface area contributed by atoms with Crippen LogP contribution >= 0.6 is 28.7 Å². The van der Waals surface area contributed by atoms with E-state index in [0.717, 1.165) is 11.3 Å². The van der Waals surface area contributed by atoms with E-state index < -0.39 is 10.8 Å². The molecule has 1 saturated heterocycles. The van der Waals surface area contributed by atoms with E-state index in [9.17, 15) is 14.7 Å². The largest absolute Gasteiger partial charge is 0.479 e. The normalized spacial score (nSPS) is 21.1. The number of nitrogens with one attached hydrogen (secondary N) is 1. The topological polar surface area (TPSA) is 75.6 Å². The highest BCUT2D eigenvalue weighted by atomic mass is 79.9. The number of carbonyl (C=O) groups is 2. The Morgan fingerprint density at radius 3 is 2.45 bits per heavy atom. The Labute approximate surface area is 131 Å². The number of rotatable bonds is 4. The maximum atomic E-state index is 11.4. The second-order valence-corrected chi connectivity index (χ2v) is 5.70. The van der Waals surface area contributed by atoms with Crippen LogP contribution in [0.1, 0.15) is 19.8 Å². The van der Waals surface area contributed by atoms with Crippen LogP contribution in [0.15, 0.2) is 29.2 Å². The molecular weight excluding hydrogens is 346 g/mol. The molecule has 7 heteroatoms. The monoisotopic (exact) mass is 361 g/mol. The molecule has 1 atom stereocenters. The molecule has 1 aromatic rings. The van der Waals surface area contributed by atoms with E-state index in [1.165, 1.54) is 18.7 Å². The zero-order chi connectivity index (χ0) is 13.9. The zero-order valence-electron chi connectivity index (χ0n) is 10.9. The first-order chi connectivity index (χ1) is 9.02. The van der Waals surface area contributed by atoms with E-state index in [1.807, 2.05) is 0 Å². The summed E-state index contributed by atoms with van der Waals surface area (Å²) in [5, 5.41) is 12.4. The molecule has 0 aliphatic carbocycles. The van der Waals surface area contributed by atoms with Crippen molar-refractivity contribution in [2.24, 2.45) is 0 Å². The Hall–Kier alpha value is -1.05. The van der Waals surface area contributed by atoms with Crippen molar-refractivity contribution in [3.05, 3.63) is 24.3 Å². The van der Waals surface area contributed by atoms with Crippen molar-refractivity contribution < 1.29 is 19.4 Å². The fraction of sp³-hybridized carbons (Fsp3) is 0.385. The lowest BCUT2D eigenvalue weighted by Crippen LogP contribution is -2.44. The summed E-state index contributed by atoms with van der Waals surface area (Å²) in [6.45, 7) is 2.05. The summed E-state index contributed by atoms with van der Waals surface area (Å²) in [7, 11) is 0. The first-order valence-corrected chi connectivity index (χ1v) is 6.79. The van der Waals surface area contributed by atoms with Crippen LogP contribution in [0.4, 0.5) is 0 Å². The van der Waals surface area contributed by atoms with Crippen LogP contribution in [-0.4, -0.2) is 28.5 Å². The molecule has 0 spiro atoms. The van der Waals surface area contributed by atoms with E-state index in [4.69, 9.17) is 4.74 Å². The third kappa shape index (κ3) is 3.97. The van der Waals surface area contributed by atoms with Crippen LogP contribution in [0.5, 0.6) is 5.75 Å². The maximum Gasteiger partial charge on any atom is 0.334 e. The average Bonchev–Trinajstić information content (AvgIpc) is 2.81. The van der Waals surface area contributed by atoms with Crippen LogP contribution in [0.2, 0.25) is 0 Å².